The van der Waals surface area contributed by atoms with E-state index in [0.29, 0.717) is 16.7 Å². The number of rotatable bonds is 6. The van der Waals surface area contributed by atoms with Crippen LogP contribution in [-0.2, 0) is 9.53 Å². The lowest BCUT2D eigenvalue weighted by Gasteiger charge is -2.13. The third-order valence-corrected chi connectivity index (χ3v) is 3.67. The molecule has 1 aliphatic carbocycles. The van der Waals surface area contributed by atoms with E-state index in [-0.39, 0.29) is 24.1 Å². The van der Waals surface area contributed by atoms with Crippen molar-refractivity contribution in [1.82, 2.24) is 5.32 Å². The third kappa shape index (κ3) is 4.36. The second kappa shape index (κ2) is 6.80. The van der Waals surface area contributed by atoms with Gasteiger partial charge < -0.3 is 14.8 Å². The van der Waals surface area contributed by atoms with Crippen LogP contribution in [0.5, 0.6) is 5.75 Å². The summed E-state index contributed by atoms with van der Waals surface area (Å²) in [5, 5.41) is 3.21. The van der Waals surface area contributed by atoms with Crippen LogP contribution in [-0.4, -0.2) is 31.6 Å². The second-order valence-corrected chi connectivity index (χ2v) is 5.55. The zero-order valence-electron chi connectivity index (χ0n) is 12.0. The lowest BCUT2D eigenvalue weighted by atomic mass is 10.2. The first-order valence-corrected chi connectivity index (χ1v) is 7.19. The summed E-state index contributed by atoms with van der Waals surface area (Å²) in [6, 6.07) is 4.76. The van der Waals surface area contributed by atoms with Crippen LogP contribution in [0.4, 0.5) is 0 Å². The number of esters is 1. The molecule has 0 saturated heterocycles. The molecule has 1 aromatic rings. The summed E-state index contributed by atoms with van der Waals surface area (Å²) in [5.41, 5.74) is 0.202. The van der Waals surface area contributed by atoms with Crippen molar-refractivity contribution < 1.29 is 19.1 Å². The van der Waals surface area contributed by atoms with Crippen LogP contribution in [0.1, 0.15) is 30.1 Å². The number of ether oxygens (including phenoxy) is 2. The van der Waals surface area contributed by atoms with Crippen LogP contribution in [0.3, 0.4) is 0 Å². The topological polar surface area (TPSA) is 64.6 Å². The molecule has 0 heterocycles. The molecular weight excluding hydrogens is 294 g/mol. The first-order valence-electron chi connectivity index (χ1n) is 6.81. The van der Waals surface area contributed by atoms with Gasteiger partial charge in [-0.2, -0.15) is 0 Å². The lowest BCUT2D eigenvalue weighted by molar-refractivity contribution is -0.125. The van der Waals surface area contributed by atoms with Crippen LogP contribution < -0.4 is 10.1 Å². The minimum atomic E-state index is -0.636. The number of amides is 1. The molecule has 1 fully saturated rings. The second-order valence-electron chi connectivity index (χ2n) is 5.11. The Morgan fingerprint density at radius 1 is 1.43 bits per heavy atom. The highest BCUT2D eigenvalue weighted by Crippen LogP contribution is 2.32. The Labute approximate surface area is 128 Å². The van der Waals surface area contributed by atoms with E-state index in [4.69, 9.17) is 21.1 Å². The molecule has 1 aromatic carbocycles. The van der Waals surface area contributed by atoms with Crippen molar-refractivity contribution >= 4 is 23.5 Å². The quantitative estimate of drug-likeness (QED) is 0.819. The van der Waals surface area contributed by atoms with Gasteiger partial charge in [-0.25, -0.2) is 4.79 Å². The maximum atomic E-state index is 12.0. The zero-order chi connectivity index (χ0) is 15.4. The minimum Gasteiger partial charge on any atom is -0.496 e. The zero-order valence-corrected chi connectivity index (χ0v) is 12.8. The number of carbonyl (C=O) groups is 2. The maximum absolute atomic E-state index is 12.0. The molecule has 2 rings (SSSR count). The molecule has 0 spiro atoms. The average molecular weight is 312 g/mol. The van der Waals surface area contributed by atoms with Crippen molar-refractivity contribution in [3.63, 3.8) is 0 Å². The Bertz CT molecular complexity index is 542. The molecule has 0 unspecified atom stereocenters. The molecule has 0 radical (unpaired) electrons. The summed E-state index contributed by atoms with van der Waals surface area (Å²) in [5.74, 6) is -0.0267. The van der Waals surface area contributed by atoms with Gasteiger partial charge in [-0.1, -0.05) is 11.6 Å². The number of hydrogen-bond acceptors (Lipinski definition) is 4. The molecule has 21 heavy (non-hydrogen) atoms. The van der Waals surface area contributed by atoms with E-state index < -0.39 is 5.97 Å². The van der Waals surface area contributed by atoms with E-state index in [0.717, 1.165) is 12.8 Å². The fraction of sp³-hybridized carbons (Fsp3) is 0.467. The molecule has 1 N–H and O–H groups in total. The fourth-order valence-corrected chi connectivity index (χ4v) is 2.23. The molecule has 1 saturated carbocycles. The van der Waals surface area contributed by atoms with Crippen LogP contribution >= 0.6 is 11.6 Å². The van der Waals surface area contributed by atoms with E-state index in [2.05, 4.69) is 5.32 Å². The van der Waals surface area contributed by atoms with Crippen LogP contribution in [0.15, 0.2) is 18.2 Å². The molecule has 1 aliphatic rings. The van der Waals surface area contributed by atoms with Crippen LogP contribution in [0.2, 0.25) is 5.02 Å². The highest BCUT2D eigenvalue weighted by molar-refractivity contribution is 6.31. The van der Waals surface area contributed by atoms with Gasteiger partial charge in [0.2, 0.25) is 0 Å². The molecule has 0 bridgehead atoms. The van der Waals surface area contributed by atoms with Crippen molar-refractivity contribution in [2.24, 2.45) is 5.92 Å². The fourth-order valence-electron chi connectivity index (χ4n) is 2.06. The Balaban J connectivity index is 1.89. The van der Waals surface area contributed by atoms with E-state index in [1.54, 1.807) is 12.1 Å². The number of methoxy groups -OCH3 is 1. The Hall–Kier alpha value is -1.75. The molecule has 0 aromatic heterocycles. The Morgan fingerprint density at radius 2 is 2.14 bits per heavy atom. The number of benzene rings is 1. The predicted octanol–water partition coefficient (Wildman–Crippen LogP) is 2.42. The summed E-state index contributed by atoms with van der Waals surface area (Å²) in [6.45, 7) is 1.64. The number of hydrogen-bond donors (Lipinski definition) is 1. The van der Waals surface area contributed by atoms with Crippen molar-refractivity contribution in [3.05, 3.63) is 28.8 Å². The first-order chi connectivity index (χ1) is 10.0. The largest absolute Gasteiger partial charge is 0.496 e. The van der Waals surface area contributed by atoms with E-state index in [1.165, 1.54) is 13.2 Å². The van der Waals surface area contributed by atoms with Gasteiger partial charge in [-0.15, -0.1) is 0 Å². The monoisotopic (exact) mass is 311 g/mol. The van der Waals surface area contributed by atoms with Gasteiger partial charge >= 0.3 is 5.97 Å². The number of halogens is 1. The molecular formula is C15H18ClNO4. The van der Waals surface area contributed by atoms with Crippen molar-refractivity contribution in [1.29, 1.82) is 0 Å². The SMILES string of the molecule is COc1ccc(Cl)cc1C(=O)OCC(=O)N[C@@H](C)C1CC1. The van der Waals surface area contributed by atoms with Gasteiger partial charge in [0.1, 0.15) is 11.3 Å². The van der Waals surface area contributed by atoms with Crippen LogP contribution in [0, 0.1) is 5.92 Å². The predicted molar refractivity (Wildman–Crippen MR) is 78.6 cm³/mol. The standard InChI is InChI=1S/C15H18ClNO4/c1-9(10-3-4-10)17-14(18)8-21-15(19)12-7-11(16)5-6-13(12)20-2/h5-7,9-10H,3-4,8H2,1-2H3,(H,17,18)/t9-/m0/s1. The number of carbonyl (C=O) groups excluding carboxylic acids is 2. The molecule has 1 atom stereocenters. The smallest absolute Gasteiger partial charge is 0.342 e. The summed E-state index contributed by atoms with van der Waals surface area (Å²) in [7, 11) is 1.45. The summed E-state index contributed by atoms with van der Waals surface area (Å²) < 4.78 is 10.1. The Kier molecular flexibility index (Phi) is 5.07. The summed E-state index contributed by atoms with van der Waals surface area (Å²) >= 11 is 5.85. The molecule has 114 valence electrons. The first kappa shape index (κ1) is 15.6. The van der Waals surface area contributed by atoms with Crippen molar-refractivity contribution in [2.75, 3.05) is 13.7 Å². The molecule has 0 aliphatic heterocycles. The molecule has 5 nitrogen and oxygen atoms in total. The molecule has 1 amide bonds. The van der Waals surface area contributed by atoms with Crippen molar-refractivity contribution in [3.8, 4) is 5.75 Å². The summed E-state index contributed by atoms with van der Waals surface area (Å²) in [4.78, 5) is 23.7. The third-order valence-electron chi connectivity index (χ3n) is 3.43. The highest BCUT2D eigenvalue weighted by atomic mass is 35.5. The van der Waals surface area contributed by atoms with Crippen LogP contribution in [0.25, 0.3) is 0 Å². The van der Waals surface area contributed by atoms with Gasteiger partial charge in [-0.3, -0.25) is 4.79 Å². The minimum absolute atomic E-state index is 0.122. The van der Waals surface area contributed by atoms with Gasteiger partial charge in [0.15, 0.2) is 6.61 Å². The van der Waals surface area contributed by atoms with Gasteiger partial charge in [-0.05, 0) is 43.9 Å². The van der Waals surface area contributed by atoms with Gasteiger partial charge in [0.25, 0.3) is 5.91 Å². The number of nitrogens with one attached hydrogen (secondary N) is 1. The van der Waals surface area contributed by atoms with Gasteiger partial charge in [0.05, 0.1) is 7.11 Å². The maximum Gasteiger partial charge on any atom is 0.342 e. The highest BCUT2D eigenvalue weighted by Gasteiger charge is 2.29. The van der Waals surface area contributed by atoms with Gasteiger partial charge in [0, 0.05) is 11.1 Å². The van der Waals surface area contributed by atoms with E-state index in [1.807, 2.05) is 6.92 Å². The van der Waals surface area contributed by atoms with E-state index in [9.17, 15) is 9.59 Å². The van der Waals surface area contributed by atoms with E-state index >= 15 is 0 Å². The lowest BCUT2D eigenvalue weighted by Crippen LogP contribution is -2.37. The Morgan fingerprint density at radius 3 is 2.76 bits per heavy atom. The molecule has 6 heteroatoms. The average Bonchev–Trinajstić information content (AvgIpc) is 3.29. The van der Waals surface area contributed by atoms with Crippen molar-refractivity contribution in [2.45, 2.75) is 25.8 Å². The summed E-state index contributed by atoms with van der Waals surface area (Å²) in [6.07, 6.45) is 2.28. The normalized spacial score (nSPS) is 15.2.